The summed E-state index contributed by atoms with van der Waals surface area (Å²) in [6, 6.07) is 9.53. The summed E-state index contributed by atoms with van der Waals surface area (Å²) in [6.07, 6.45) is 6.62. The largest absolute Gasteiger partial charge is 0.313 e. The summed E-state index contributed by atoms with van der Waals surface area (Å²) in [5.74, 6) is 1.49. The van der Waals surface area contributed by atoms with Gasteiger partial charge in [0.05, 0.1) is 0 Å². The fourth-order valence-electron chi connectivity index (χ4n) is 2.75. The maximum Gasteiger partial charge on any atom is 0.0210 e. The Morgan fingerprint density at radius 2 is 1.89 bits per heavy atom. The molecular weight excluding hydrogens is 298 g/mol. The fraction of sp³-hybridized carbons (Fsp3) is 0.647. The van der Waals surface area contributed by atoms with Crippen LogP contribution < -0.4 is 5.32 Å². The summed E-state index contributed by atoms with van der Waals surface area (Å²) >= 11 is 3.73. The Morgan fingerprint density at radius 3 is 2.47 bits per heavy atom. The van der Waals surface area contributed by atoms with Crippen LogP contribution in [0.15, 0.2) is 28.7 Å². The molecule has 0 bridgehead atoms. The standard InChI is InChI=1S/C17H26BrN/c1-3-13(4-2)11-14(12-19-15-9-10-15)16-7-5-6-8-17(16)18/h5-8,13-15,19H,3-4,9-12H2,1-2H3. The Balaban J connectivity index is 2.05. The van der Waals surface area contributed by atoms with Crippen LogP contribution in [-0.4, -0.2) is 12.6 Å². The first-order chi connectivity index (χ1) is 9.24. The van der Waals surface area contributed by atoms with Crippen LogP contribution in [0.2, 0.25) is 0 Å². The van der Waals surface area contributed by atoms with E-state index in [9.17, 15) is 0 Å². The number of rotatable bonds is 8. The van der Waals surface area contributed by atoms with Gasteiger partial charge in [-0.3, -0.25) is 0 Å². The average Bonchev–Trinajstić information content (AvgIpc) is 3.24. The van der Waals surface area contributed by atoms with Crippen molar-refractivity contribution in [1.82, 2.24) is 5.32 Å². The zero-order valence-electron chi connectivity index (χ0n) is 12.2. The van der Waals surface area contributed by atoms with Crippen LogP contribution >= 0.6 is 15.9 Å². The summed E-state index contributed by atoms with van der Waals surface area (Å²) in [4.78, 5) is 0. The molecule has 0 amide bonds. The molecule has 1 unspecified atom stereocenters. The van der Waals surface area contributed by atoms with Crippen LogP contribution in [0.25, 0.3) is 0 Å². The van der Waals surface area contributed by atoms with Crippen LogP contribution in [0.3, 0.4) is 0 Å². The van der Waals surface area contributed by atoms with Gasteiger partial charge < -0.3 is 5.32 Å². The average molecular weight is 324 g/mol. The van der Waals surface area contributed by atoms with E-state index in [1.54, 1.807) is 0 Å². The van der Waals surface area contributed by atoms with Gasteiger partial charge in [-0.2, -0.15) is 0 Å². The molecule has 1 nitrogen and oxygen atoms in total. The molecule has 19 heavy (non-hydrogen) atoms. The highest BCUT2D eigenvalue weighted by Gasteiger charge is 2.24. The molecule has 1 N–H and O–H groups in total. The van der Waals surface area contributed by atoms with Crippen molar-refractivity contribution < 1.29 is 0 Å². The van der Waals surface area contributed by atoms with Gasteiger partial charge in [-0.1, -0.05) is 60.8 Å². The number of hydrogen-bond acceptors (Lipinski definition) is 1. The van der Waals surface area contributed by atoms with E-state index in [-0.39, 0.29) is 0 Å². The lowest BCUT2D eigenvalue weighted by atomic mass is 9.86. The van der Waals surface area contributed by atoms with Gasteiger partial charge in [-0.05, 0) is 42.7 Å². The second-order valence-electron chi connectivity index (χ2n) is 5.82. The molecule has 2 heteroatoms. The van der Waals surface area contributed by atoms with E-state index >= 15 is 0 Å². The van der Waals surface area contributed by atoms with Gasteiger partial charge in [0.2, 0.25) is 0 Å². The van der Waals surface area contributed by atoms with Crippen molar-refractivity contribution in [2.45, 2.75) is 57.9 Å². The van der Waals surface area contributed by atoms with E-state index in [2.05, 4.69) is 59.4 Å². The second kappa shape index (κ2) is 7.44. The van der Waals surface area contributed by atoms with Crippen molar-refractivity contribution in [2.24, 2.45) is 5.92 Å². The number of nitrogens with one attached hydrogen (secondary N) is 1. The summed E-state index contributed by atoms with van der Waals surface area (Å²) in [5.41, 5.74) is 1.47. The molecule has 1 atom stereocenters. The highest BCUT2D eigenvalue weighted by atomic mass is 79.9. The molecule has 106 valence electrons. The maximum atomic E-state index is 3.73. The topological polar surface area (TPSA) is 12.0 Å². The van der Waals surface area contributed by atoms with Crippen LogP contribution in [0.4, 0.5) is 0 Å². The molecular formula is C17H26BrN. The Bertz CT molecular complexity index is 383. The molecule has 0 aromatic heterocycles. The lowest BCUT2D eigenvalue weighted by molar-refractivity contribution is 0.397. The molecule has 1 aromatic carbocycles. The van der Waals surface area contributed by atoms with E-state index in [0.29, 0.717) is 5.92 Å². The smallest absolute Gasteiger partial charge is 0.0210 e. The Morgan fingerprint density at radius 1 is 1.21 bits per heavy atom. The molecule has 1 aliphatic carbocycles. The van der Waals surface area contributed by atoms with Crippen LogP contribution in [0.1, 0.15) is 57.4 Å². The number of halogens is 1. The quantitative estimate of drug-likeness (QED) is 0.700. The van der Waals surface area contributed by atoms with Gasteiger partial charge in [0.1, 0.15) is 0 Å². The molecule has 1 aliphatic rings. The lowest BCUT2D eigenvalue weighted by Crippen LogP contribution is -2.25. The van der Waals surface area contributed by atoms with E-state index in [0.717, 1.165) is 18.5 Å². The van der Waals surface area contributed by atoms with Gasteiger partial charge >= 0.3 is 0 Å². The van der Waals surface area contributed by atoms with E-state index < -0.39 is 0 Å². The van der Waals surface area contributed by atoms with E-state index in [1.165, 1.54) is 42.1 Å². The third-order valence-corrected chi connectivity index (χ3v) is 5.07. The van der Waals surface area contributed by atoms with Crippen molar-refractivity contribution in [3.05, 3.63) is 34.3 Å². The van der Waals surface area contributed by atoms with Gasteiger partial charge in [-0.25, -0.2) is 0 Å². The molecule has 0 heterocycles. The predicted molar refractivity (Wildman–Crippen MR) is 86.6 cm³/mol. The predicted octanol–water partition coefficient (Wildman–Crippen LogP) is 5.11. The minimum atomic E-state index is 0.640. The monoisotopic (exact) mass is 323 g/mol. The summed E-state index contributed by atoms with van der Waals surface area (Å²) < 4.78 is 1.27. The van der Waals surface area contributed by atoms with Crippen LogP contribution in [0, 0.1) is 5.92 Å². The fourth-order valence-corrected chi connectivity index (χ4v) is 3.36. The molecule has 1 saturated carbocycles. The third kappa shape index (κ3) is 4.61. The van der Waals surface area contributed by atoms with Crippen LogP contribution in [-0.2, 0) is 0 Å². The van der Waals surface area contributed by atoms with Crippen molar-refractivity contribution in [2.75, 3.05) is 6.54 Å². The highest BCUT2D eigenvalue weighted by molar-refractivity contribution is 9.10. The first-order valence-electron chi connectivity index (χ1n) is 7.72. The Kier molecular flexibility index (Phi) is 5.90. The van der Waals surface area contributed by atoms with Gasteiger partial charge in [0.25, 0.3) is 0 Å². The van der Waals surface area contributed by atoms with Crippen molar-refractivity contribution >= 4 is 15.9 Å². The molecule has 1 fully saturated rings. The minimum absolute atomic E-state index is 0.640. The molecule has 0 saturated heterocycles. The Hall–Kier alpha value is -0.340. The summed E-state index contributed by atoms with van der Waals surface area (Å²) in [7, 11) is 0. The maximum absolute atomic E-state index is 3.73. The molecule has 0 radical (unpaired) electrons. The SMILES string of the molecule is CCC(CC)CC(CNC1CC1)c1ccccc1Br. The van der Waals surface area contributed by atoms with E-state index in [1.807, 2.05) is 0 Å². The Labute approximate surface area is 126 Å². The molecule has 0 spiro atoms. The van der Waals surface area contributed by atoms with Crippen LogP contribution in [0.5, 0.6) is 0 Å². The summed E-state index contributed by atoms with van der Waals surface area (Å²) in [5, 5.41) is 3.72. The van der Waals surface area contributed by atoms with Gasteiger partial charge in [0.15, 0.2) is 0 Å². The summed E-state index contributed by atoms with van der Waals surface area (Å²) in [6.45, 7) is 5.77. The first kappa shape index (κ1) is 15.1. The second-order valence-corrected chi connectivity index (χ2v) is 6.67. The lowest BCUT2D eigenvalue weighted by Gasteiger charge is -2.24. The third-order valence-electron chi connectivity index (χ3n) is 4.35. The minimum Gasteiger partial charge on any atom is -0.313 e. The van der Waals surface area contributed by atoms with Crippen molar-refractivity contribution in [1.29, 1.82) is 0 Å². The first-order valence-corrected chi connectivity index (χ1v) is 8.51. The van der Waals surface area contributed by atoms with Crippen molar-refractivity contribution in [3.8, 4) is 0 Å². The van der Waals surface area contributed by atoms with Gasteiger partial charge in [-0.15, -0.1) is 0 Å². The zero-order valence-corrected chi connectivity index (χ0v) is 13.7. The normalized spacial score (nSPS) is 16.8. The van der Waals surface area contributed by atoms with Crippen molar-refractivity contribution in [3.63, 3.8) is 0 Å². The number of benzene rings is 1. The highest BCUT2D eigenvalue weighted by Crippen LogP contribution is 2.32. The molecule has 2 rings (SSSR count). The van der Waals surface area contributed by atoms with Gasteiger partial charge in [0, 0.05) is 17.1 Å². The number of hydrogen-bond donors (Lipinski definition) is 1. The molecule has 0 aliphatic heterocycles. The molecule has 1 aromatic rings. The van der Waals surface area contributed by atoms with E-state index in [4.69, 9.17) is 0 Å². The zero-order chi connectivity index (χ0) is 13.7.